The van der Waals surface area contributed by atoms with Crippen LogP contribution in [0.25, 0.3) is 0 Å². The minimum absolute atomic E-state index is 0.0434. The zero-order valence-electron chi connectivity index (χ0n) is 12.5. The van der Waals surface area contributed by atoms with Gasteiger partial charge in [-0.2, -0.15) is 0 Å². The van der Waals surface area contributed by atoms with E-state index in [1.165, 1.54) is 18.7 Å². The zero-order valence-corrected chi connectivity index (χ0v) is 12.5. The number of carbonyl (C=O) groups is 2. The molecule has 0 aliphatic rings. The van der Waals surface area contributed by atoms with E-state index in [2.05, 4.69) is 0 Å². The summed E-state index contributed by atoms with van der Waals surface area (Å²) in [5.74, 6) is -1.44. The summed E-state index contributed by atoms with van der Waals surface area (Å²) in [6, 6.07) is 18.3. The van der Waals surface area contributed by atoms with Crippen molar-refractivity contribution in [3.63, 3.8) is 0 Å². The molecule has 1 amide bonds. The van der Waals surface area contributed by atoms with Crippen LogP contribution in [0, 0.1) is 0 Å². The second-order valence-corrected chi connectivity index (χ2v) is 4.87. The van der Waals surface area contributed by atoms with E-state index in [-0.39, 0.29) is 17.1 Å². The Balaban J connectivity index is 2.53. The minimum atomic E-state index is -1.09. The van der Waals surface area contributed by atoms with Gasteiger partial charge in [0.05, 0.1) is 0 Å². The first kappa shape index (κ1) is 15.5. The monoisotopic (exact) mass is 295 g/mol. The second kappa shape index (κ2) is 6.72. The maximum atomic E-state index is 12.8. The van der Waals surface area contributed by atoms with Crippen LogP contribution in [0.3, 0.4) is 0 Å². The van der Waals surface area contributed by atoms with Crippen LogP contribution in [0.4, 0.5) is 11.4 Å². The van der Waals surface area contributed by atoms with Gasteiger partial charge in [0.15, 0.2) is 0 Å². The van der Waals surface area contributed by atoms with Crippen LogP contribution >= 0.6 is 0 Å². The number of nitrogens with zero attached hydrogens (tertiary/aromatic N) is 1. The number of carboxylic acids is 1. The molecular formula is C18H17NO3. The van der Waals surface area contributed by atoms with Crippen molar-refractivity contribution in [1.82, 2.24) is 0 Å². The fourth-order valence-corrected chi connectivity index (χ4v) is 2.03. The third kappa shape index (κ3) is 3.23. The van der Waals surface area contributed by atoms with E-state index in [0.29, 0.717) is 11.4 Å². The third-order valence-corrected chi connectivity index (χ3v) is 3.44. The molecule has 1 N–H and O–H groups in total. The number of carboxylic acid groups (broad SMARTS) is 1. The summed E-state index contributed by atoms with van der Waals surface area (Å²) < 4.78 is 0. The highest BCUT2D eigenvalue weighted by Gasteiger charge is 2.22. The number of carbonyl (C=O) groups excluding carboxylic acids is 1. The fourth-order valence-electron chi connectivity index (χ4n) is 2.03. The molecule has 0 aromatic heterocycles. The van der Waals surface area contributed by atoms with Gasteiger partial charge in [-0.1, -0.05) is 36.4 Å². The number of hydrogen-bond donors (Lipinski definition) is 1. The highest BCUT2D eigenvalue weighted by atomic mass is 16.4. The van der Waals surface area contributed by atoms with E-state index >= 15 is 0 Å². The fraction of sp³-hybridized carbons (Fsp3) is 0.111. The Morgan fingerprint density at radius 3 is 1.55 bits per heavy atom. The van der Waals surface area contributed by atoms with E-state index in [0.717, 1.165) is 0 Å². The number of amides is 1. The Morgan fingerprint density at radius 2 is 1.18 bits per heavy atom. The molecular weight excluding hydrogens is 278 g/mol. The van der Waals surface area contributed by atoms with Crippen LogP contribution in [-0.4, -0.2) is 17.0 Å². The summed E-state index contributed by atoms with van der Waals surface area (Å²) in [5, 5.41) is 9.10. The standard InChI is InChI=1S/C18H17NO3/c1-13(14(2)18(21)22)17(20)19(15-9-5-3-6-10-15)16-11-7-4-8-12-16/h3-12H,1-2H3,(H,21,22)/b14-13-. The van der Waals surface area contributed by atoms with Crippen molar-refractivity contribution in [3.8, 4) is 0 Å². The van der Waals surface area contributed by atoms with Gasteiger partial charge in [0, 0.05) is 22.5 Å². The molecule has 2 aromatic rings. The molecule has 0 unspecified atom stereocenters. The molecule has 0 radical (unpaired) electrons. The predicted molar refractivity (Wildman–Crippen MR) is 86.0 cm³/mol. The van der Waals surface area contributed by atoms with Crippen molar-refractivity contribution in [2.24, 2.45) is 0 Å². The van der Waals surface area contributed by atoms with Crippen molar-refractivity contribution in [3.05, 3.63) is 71.8 Å². The summed E-state index contributed by atoms with van der Waals surface area (Å²) >= 11 is 0. The van der Waals surface area contributed by atoms with Gasteiger partial charge in [-0.15, -0.1) is 0 Å². The first-order valence-electron chi connectivity index (χ1n) is 6.87. The van der Waals surface area contributed by atoms with Crippen LogP contribution in [0.15, 0.2) is 71.8 Å². The van der Waals surface area contributed by atoms with Gasteiger partial charge < -0.3 is 5.11 Å². The molecule has 2 aromatic carbocycles. The summed E-state index contributed by atoms with van der Waals surface area (Å²) in [5.41, 5.74) is 1.63. The largest absolute Gasteiger partial charge is 0.478 e. The maximum absolute atomic E-state index is 12.8. The van der Waals surface area contributed by atoms with Crippen molar-refractivity contribution >= 4 is 23.3 Å². The number of rotatable bonds is 4. The molecule has 0 spiro atoms. The van der Waals surface area contributed by atoms with Crippen molar-refractivity contribution in [2.45, 2.75) is 13.8 Å². The average molecular weight is 295 g/mol. The maximum Gasteiger partial charge on any atom is 0.331 e. The predicted octanol–water partition coefficient (Wildman–Crippen LogP) is 3.77. The molecule has 4 heteroatoms. The molecule has 0 aliphatic carbocycles. The number of benzene rings is 2. The van der Waals surface area contributed by atoms with Crippen molar-refractivity contribution < 1.29 is 14.7 Å². The zero-order chi connectivity index (χ0) is 16.1. The van der Waals surface area contributed by atoms with Gasteiger partial charge >= 0.3 is 5.97 Å². The normalized spacial score (nSPS) is 11.5. The van der Waals surface area contributed by atoms with Crippen molar-refractivity contribution in [1.29, 1.82) is 0 Å². The first-order valence-corrected chi connectivity index (χ1v) is 6.87. The Morgan fingerprint density at radius 1 is 0.773 bits per heavy atom. The van der Waals surface area contributed by atoms with Gasteiger partial charge in [-0.05, 0) is 38.1 Å². The highest BCUT2D eigenvalue weighted by molar-refractivity contribution is 6.13. The van der Waals surface area contributed by atoms with Crippen LogP contribution < -0.4 is 4.90 Å². The van der Waals surface area contributed by atoms with E-state index in [4.69, 9.17) is 5.11 Å². The summed E-state index contributed by atoms with van der Waals surface area (Å²) in [7, 11) is 0. The smallest absolute Gasteiger partial charge is 0.331 e. The Hall–Kier alpha value is -2.88. The molecule has 4 nitrogen and oxygen atoms in total. The number of para-hydroxylation sites is 2. The molecule has 0 aliphatic heterocycles. The molecule has 0 bridgehead atoms. The number of hydrogen-bond acceptors (Lipinski definition) is 2. The molecule has 2 rings (SSSR count). The van der Waals surface area contributed by atoms with E-state index in [1.54, 1.807) is 0 Å². The van der Waals surface area contributed by atoms with E-state index < -0.39 is 5.97 Å². The van der Waals surface area contributed by atoms with E-state index in [1.807, 2.05) is 60.7 Å². The Labute approximate surface area is 129 Å². The van der Waals surface area contributed by atoms with Gasteiger partial charge in [-0.25, -0.2) is 4.79 Å². The molecule has 0 atom stereocenters. The summed E-state index contributed by atoms with van der Waals surface area (Å²) in [6.45, 7) is 2.97. The average Bonchev–Trinajstić information content (AvgIpc) is 2.55. The van der Waals surface area contributed by atoms with Crippen LogP contribution in [-0.2, 0) is 9.59 Å². The highest BCUT2D eigenvalue weighted by Crippen LogP contribution is 2.27. The quantitative estimate of drug-likeness (QED) is 0.873. The SMILES string of the molecule is C/C(C(=O)O)=C(\C)C(=O)N(c1ccccc1)c1ccccc1. The molecule has 112 valence electrons. The molecule has 0 saturated carbocycles. The van der Waals surface area contributed by atoms with Gasteiger partial charge in [-0.3, -0.25) is 9.69 Å². The van der Waals surface area contributed by atoms with E-state index in [9.17, 15) is 9.59 Å². The van der Waals surface area contributed by atoms with Crippen LogP contribution in [0.2, 0.25) is 0 Å². The Kier molecular flexibility index (Phi) is 4.73. The number of anilines is 2. The second-order valence-electron chi connectivity index (χ2n) is 4.87. The lowest BCUT2D eigenvalue weighted by Crippen LogP contribution is -2.27. The number of aliphatic carboxylic acids is 1. The minimum Gasteiger partial charge on any atom is -0.478 e. The lowest BCUT2D eigenvalue weighted by Gasteiger charge is -2.23. The van der Waals surface area contributed by atoms with Gasteiger partial charge in [0.25, 0.3) is 5.91 Å². The first-order chi connectivity index (χ1) is 10.5. The topological polar surface area (TPSA) is 57.6 Å². The molecule has 0 fully saturated rings. The third-order valence-electron chi connectivity index (χ3n) is 3.44. The van der Waals surface area contributed by atoms with Crippen LogP contribution in [0.5, 0.6) is 0 Å². The van der Waals surface area contributed by atoms with Crippen LogP contribution in [0.1, 0.15) is 13.8 Å². The Bertz CT molecular complexity index is 666. The van der Waals surface area contributed by atoms with Crippen molar-refractivity contribution in [2.75, 3.05) is 4.90 Å². The molecule has 0 heterocycles. The summed E-state index contributed by atoms with van der Waals surface area (Å²) in [6.07, 6.45) is 0. The lowest BCUT2D eigenvalue weighted by molar-refractivity contribution is -0.133. The molecule has 0 saturated heterocycles. The summed E-state index contributed by atoms with van der Waals surface area (Å²) in [4.78, 5) is 25.4. The lowest BCUT2D eigenvalue weighted by atomic mass is 10.1. The van der Waals surface area contributed by atoms with Gasteiger partial charge in [0.2, 0.25) is 0 Å². The molecule has 22 heavy (non-hydrogen) atoms. The van der Waals surface area contributed by atoms with Gasteiger partial charge in [0.1, 0.15) is 0 Å².